The molecule has 30 heavy (non-hydrogen) atoms. The maximum absolute atomic E-state index is 12.4. The summed E-state index contributed by atoms with van der Waals surface area (Å²) in [7, 11) is 0. The minimum absolute atomic E-state index is 0.258. The van der Waals surface area contributed by atoms with Crippen LogP contribution in [0.3, 0.4) is 0 Å². The molecule has 0 spiro atoms. The van der Waals surface area contributed by atoms with Gasteiger partial charge in [-0.3, -0.25) is 4.79 Å². The van der Waals surface area contributed by atoms with Crippen LogP contribution in [-0.4, -0.2) is 38.4 Å². The van der Waals surface area contributed by atoms with Crippen LogP contribution in [0.15, 0.2) is 58.6 Å². The Morgan fingerprint density at radius 3 is 2.57 bits per heavy atom. The highest BCUT2D eigenvalue weighted by Crippen LogP contribution is 2.33. The van der Waals surface area contributed by atoms with Gasteiger partial charge in [-0.2, -0.15) is 5.10 Å². The van der Waals surface area contributed by atoms with Gasteiger partial charge >= 0.3 is 0 Å². The quantitative estimate of drug-likeness (QED) is 0.324. The number of rotatable bonds is 9. The van der Waals surface area contributed by atoms with E-state index in [4.69, 9.17) is 9.47 Å². The summed E-state index contributed by atoms with van der Waals surface area (Å²) in [6, 6.07) is 11.2. The number of benzene rings is 2. The molecule has 3 rings (SSSR count). The summed E-state index contributed by atoms with van der Waals surface area (Å²) in [5.74, 6) is 0.960. The van der Waals surface area contributed by atoms with Crippen molar-refractivity contribution >= 4 is 33.7 Å². The fraction of sp³-hybridized carbons (Fsp3) is 0.304. The van der Waals surface area contributed by atoms with E-state index in [0.717, 1.165) is 28.8 Å². The van der Waals surface area contributed by atoms with Gasteiger partial charge in [0.15, 0.2) is 11.5 Å². The molecule has 1 heterocycles. The minimum atomic E-state index is -0.258. The Balaban J connectivity index is 1.65. The molecule has 1 aliphatic rings. The summed E-state index contributed by atoms with van der Waals surface area (Å²) in [6.07, 6.45) is 5.68. The van der Waals surface area contributed by atoms with Crippen molar-refractivity contribution in [2.24, 2.45) is 5.10 Å². The van der Waals surface area contributed by atoms with Crippen LogP contribution in [-0.2, 0) is 0 Å². The molecule has 0 atom stereocenters. The molecule has 0 unspecified atom stereocenters. The molecule has 1 aliphatic heterocycles. The zero-order valence-electron chi connectivity index (χ0n) is 17.1. The van der Waals surface area contributed by atoms with E-state index in [1.165, 1.54) is 12.8 Å². The van der Waals surface area contributed by atoms with E-state index in [2.05, 4.69) is 37.9 Å². The Hall–Kier alpha value is -2.80. The van der Waals surface area contributed by atoms with Crippen LogP contribution in [0.25, 0.3) is 0 Å². The van der Waals surface area contributed by atoms with E-state index in [0.29, 0.717) is 30.3 Å². The molecule has 1 saturated heterocycles. The first-order chi connectivity index (χ1) is 14.6. The summed E-state index contributed by atoms with van der Waals surface area (Å²) >= 11 is 3.51. The van der Waals surface area contributed by atoms with E-state index >= 15 is 0 Å². The molecule has 1 fully saturated rings. The Bertz CT molecular complexity index is 907. The Kier molecular flexibility index (Phi) is 7.90. The van der Waals surface area contributed by atoms with Crippen molar-refractivity contribution in [1.29, 1.82) is 0 Å². The first kappa shape index (κ1) is 21.9. The summed E-state index contributed by atoms with van der Waals surface area (Å²) in [4.78, 5) is 14.7. The summed E-state index contributed by atoms with van der Waals surface area (Å²) < 4.78 is 12.1. The molecule has 0 bridgehead atoms. The summed E-state index contributed by atoms with van der Waals surface area (Å²) in [6.45, 7) is 8.60. The number of nitrogens with zero attached hydrogens (tertiary/aromatic N) is 2. The van der Waals surface area contributed by atoms with E-state index < -0.39 is 0 Å². The first-order valence-corrected chi connectivity index (χ1v) is 10.8. The summed E-state index contributed by atoms with van der Waals surface area (Å²) in [5.41, 5.74) is 5.05. The van der Waals surface area contributed by atoms with E-state index in [1.54, 1.807) is 12.3 Å². The van der Waals surface area contributed by atoms with Crippen LogP contribution in [0.4, 0.5) is 5.69 Å². The van der Waals surface area contributed by atoms with Crippen LogP contribution in [0.1, 0.15) is 35.7 Å². The SMILES string of the molecule is C=CCOc1cc(Br)c(/C=N\NC(=O)c2ccc(N3CCCC3)cc2)cc1OCC. The van der Waals surface area contributed by atoms with Gasteiger partial charge in [-0.25, -0.2) is 5.43 Å². The lowest BCUT2D eigenvalue weighted by Gasteiger charge is -2.17. The smallest absolute Gasteiger partial charge is 0.271 e. The van der Waals surface area contributed by atoms with Crippen LogP contribution < -0.4 is 19.8 Å². The van der Waals surface area contributed by atoms with Gasteiger partial charge in [0.1, 0.15) is 6.61 Å². The van der Waals surface area contributed by atoms with Crippen LogP contribution in [0, 0.1) is 0 Å². The van der Waals surface area contributed by atoms with Gasteiger partial charge in [0.25, 0.3) is 5.91 Å². The molecule has 2 aromatic carbocycles. The zero-order chi connectivity index (χ0) is 21.3. The van der Waals surface area contributed by atoms with Crippen LogP contribution in [0.2, 0.25) is 0 Å². The number of nitrogens with one attached hydrogen (secondary N) is 1. The Labute approximate surface area is 185 Å². The van der Waals surface area contributed by atoms with Crippen molar-refractivity contribution in [2.75, 3.05) is 31.2 Å². The highest BCUT2D eigenvalue weighted by Gasteiger charge is 2.13. The van der Waals surface area contributed by atoms with Gasteiger partial charge in [-0.1, -0.05) is 12.7 Å². The van der Waals surface area contributed by atoms with Crippen LogP contribution in [0.5, 0.6) is 11.5 Å². The van der Waals surface area contributed by atoms with Crippen molar-refractivity contribution in [3.05, 3.63) is 64.7 Å². The van der Waals surface area contributed by atoms with E-state index in [-0.39, 0.29) is 5.91 Å². The largest absolute Gasteiger partial charge is 0.490 e. The van der Waals surface area contributed by atoms with Gasteiger partial charge in [0.2, 0.25) is 0 Å². The molecule has 158 valence electrons. The molecule has 0 aromatic heterocycles. The highest BCUT2D eigenvalue weighted by atomic mass is 79.9. The first-order valence-electron chi connectivity index (χ1n) is 10.0. The van der Waals surface area contributed by atoms with Gasteiger partial charge < -0.3 is 14.4 Å². The molecule has 0 aliphatic carbocycles. The van der Waals surface area contributed by atoms with Crippen molar-refractivity contribution < 1.29 is 14.3 Å². The number of anilines is 1. The molecule has 1 N–H and O–H groups in total. The fourth-order valence-corrected chi connectivity index (χ4v) is 3.63. The fourth-order valence-electron chi connectivity index (χ4n) is 3.20. The predicted molar refractivity (Wildman–Crippen MR) is 124 cm³/mol. The van der Waals surface area contributed by atoms with Gasteiger partial charge in [0, 0.05) is 34.4 Å². The molecule has 1 amide bonds. The molecular weight excluding hydrogens is 446 g/mol. The average Bonchev–Trinajstić information content (AvgIpc) is 3.29. The normalized spacial score (nSPS) is 13.5. The number of carbonyl (C=O) groups excluding carboxylic acids is 1. The van der Waals surface area contributed by atoms with Crippen molar-refractivity contribution in [3.63, 3.8) is 0 Å². The zero-order valence-corrected chi connectivity index (χ0v) is 18.7. The predicted octanol–water partition coefficient (Wildman–Crippen LogP) is 4.78. The lowest BCUT2D eigenvalue weighted by atomic mass is 10.2. The standard InChI is InChI=1S/C23H26BrN3O3/c1-3-13-30-22-15-20(24)18(14-21(22)29-4-2)16-25-26-23(28)17-7-9-19(10-8-17)27-11-5-6-12-27/h3,7-10,14-16H,1,4-6,11-13H2,2H3,(H,26,28)/b25-16-. The highest BCUT2D eigenvalue weighted by molar-refractivity contribution is 9.10. The maximum Gasteiger partial charge on any atom is 0.271 e. The van der Waals surface area contributed by atoms with E-state index in [1.807, 2.05) is 43.3 Å². The number of amides is 1. The third kappa shape index (κ3) is 5.63. The van der Waals surface area contributed by atoms with Gasteiger partial charge in [0.05, 0.1) is 12.8 Å². The van der Waals surface area contributed by atoms with Crippen molar-refractivity contribution in [1.82, 2.24) is 5.43 Å². The number of hydrogen-bond acceptors (Lipinski definition) is 5. The lowest BCUT2D eigenvalue weighted by Crippen LogP contribution is -2.19. The minimum Gasteiger partial charge on any atom is -0.490 e. The number of hydrazone groups is 1. The maximum atomic E-state index is 12.4. The number of halogens is 1. The third-order valence-electron chi connectivity index (χ3n) is 4.69. The molecule has 0 radical (unpaired) electrons. The Morgan fingerprint density at radius 1 is 1.20 bits per heavy atom. The Morgan fingerprint density at radius 2 is 1.90 bits per heavy atom. The monoisotopic (exact) mass is 471 g/mol. The average molecular weight is 472 g/mol. The van der Waals surface area contributed by atoms with Crippen molar-refractivity contribution in [3.8, 4) is 11.5 Å². The number of hydrogen-bond donors (Lipinski definition) is 1. The molecule has 7 heteroatoms. The number of carbonyl (C=O) groups is 1. The molecule has 6 nitrogen and oxygen atoms in total. The topological polar surface area (TPSA) is 63.2 Å². The second kappa shape index (κ2) is 10.8. The number of ether oxygens (including phenoxy) is 2. The second-order valence-corrected chi connectivity index (χ2v) is 7.65. The third-order valence-corrected chi connectivity index (χ3v) is 5.38. The molecular formula is C23H26BrN3O3. The van der Waals surface area contributed by atoms with E-state index in [9.17, 15) is 4.79 Å². The second-order valence-electron chi connectivity index (χ2n) is 6.79. The van der Waals surface area contributed by atoms with Crippen molar-refractivity contribution in [2.45, 2.75) is 19.8 Å². The van der Waals surface area contributed by atoms with Gasteiger partial charge in [-0.05, 0) is 72.1 Å². The molecule has 0 saturated carbocycles. The summed E-state index contributed by atoms with van der Waals surface area (Å²) in [5, 5.41) is 4.09. The molecule has 2 aromatic rings. The van der Waals surface area contributed by atoms with Crippen LogP contribution >= 0.6 is 15.9 Å². The lowest BCUT2D eigenvalue weighted by molar-refractivity contribution is 0.0955. The van der Waals surface area contributed by atoms with Gasteiger partial charge in [-0.15, -0.1) is 0 Å².